The molecule has 0 spiro atoms. The van der Waals surface area contributed by atoms with E-state index in [1.165, 1.54) is 6.07 Å². The van der Waals surface area contributed by atoms with Crippen LogP contribution in [-0.4, -0.2) is 56.5 Å². The van der Waals surface area contributed by atoms with Gasteiger partial charge < -0.3 is 10.3 Å². The average Bonchev–Trinajstić information content (AvgIpc) is 3.22. The van der Waals surface area contributed by atoms with E-state index in [0.717, 1.165) is 0 Å². The molecule has 124 valence electrons. The second-order valence-electron chi connectivity index (χ2n) is 5.58. The van der Waals surface area contributed by atoms with E-state index < -0.39 is 0 Å². The summed E-state index contributed by atoms with van der Waals surface area (Å²) in [7, 11) is 0. The lowest BCUT2D eigenvalue weighted by atomic mass is 10.1. The number of amides is 1. The molecule has 3 rings (SSSR count). The molecule has 1 saturated heterocycles. The van der Waals surface area contributed by atoms with Gasteiger partial charge in [-0.05, 0) is 13.0 Å². The molecule has 2 aromatic rings. The lowest BCUT2D eigenvalue weighted by Gasteiger charge is -2.19. The zero-order chi connectivity index (χ0) is 16.9. The normalized spacial score (nSPS) is 20.4. The van der Waals surface area contributed by atoms with Gasteiger partial charge in [-0.25, -0.2) is 4.68 Å². The molecule has 0 aliphatic carbocycles. The lowest BCUT2D eigenvalue weighted by molar-refractivity contribution is 0.0924. The third kappa shape index (κ3) is 3.52. The first-order valence-corrected chi connectivity index (χ1v) is 7.65. The van der Waals surface area contributed by atoms with Gasteiger partial charge in [0.2, 0.25) is 5.56 Å². The largest absolute Gasteiger partial charge is 0.345 e. The van der Waals surface area contributed by atoms with Crippen molar-refractivity contribution in [2.24, 2.45) is 0 Å². The fourth-order valence-corrected chi connectivity index (χ4v) is 2.82. The quantitative estimate of drug-likeness (QED) is 0.749. The Bertz CT molecular complexity index is 817. The number of pyridine rings is 1. The summed E-state index contributed by atoms with van der Waals surface area (Å²) in [6, 6.07) is 4.32. The Morgan fingerprint density at radius 1 is 1.46 bits per heavy atom. The third-order valence-corrected chi connectivity index (χ3v) is 3.95. The van der Waals surface area contributed by atoms with Crippen LogP contribution in [-0.2, 0) is 0 Å². The van der Waals surface area contributed by atoms with Crippen molar-refractivity contribution in [1.82, 2.24) is 30.2 Å². The molecule has 2 aromatic heterocycles. The fraction of sp³-hybridized carbons (Fsp3) is 0.375. The number of nitrogens with zero attached hydrogens (tertiary/aromatic N) is 4. The fourth-order valence-electron chi connectivity index (χ4n) is 2.82. The highest BCUT2D eigenvalue weighted by molar-refractivity contribution is 5.92. The van der Waals surface area contributed by atoms with Crippen molar-refractivity contribution >= 4 is 5.91 Å². The van der Waals surface area contributed by atoms with E-state index in [2.05, 4.69) is 37.4 Å². The van der Waals surface area contributed by atoms with Crippen molar-refractivity contribution in [2.75, 3.05) is 19.6 Å². The Kier molecular flexibility index (Phi) is 4.72. The summed E-state index contributed by atoms with van der Waals surface area (Å²) in [6.07, 6.45) is 3.39. The molecule has 2 N–H and O–H groups in total. The van der Waals surface area contributed by atoms with Crippen molar-refractivity contribution in [3.63, 3.8) is 0 Å². The molecular formula is C16H18N6O2. The SMILES string of the molecule is CC#CCN1C[C@@H](NC(=O)c2cccc(=O)[nH]2)[C@@H](n2ccnn2)C1. The molecule has 1 fully saturated rings. The molecular weight excluding hydrogens is 308 g/mol. The van der Waals surface area contributed by atoms with E-state index in [0.29, 0.717) is 19.6 Å². The highest BCUT2D eigenvalue weighted by Gasteiger charge is 2.35. The van der Waals surface area contributed by atoms with Crippen LogP contribution in [0.25, 0.3) is 0 Å². The molecule has 0 aromatic carbocycles. The zero-order valence-corrected chi connectivity index (χ0v) is 13.3. The molecule has 1 aliphatic heterocycles. The zero-order valence-electron chi connectivity index (χ0n) is 13.3. The van der Waals surface area contributed by atoms with E-state index in [-0.39, 0.29) is 29.2 Å². The maximum absolute atomic E-state index is 12.4. The smallest absolute Gasteiger partial charge is 0.268 e. The van der Waals surface area contributed by atoms with Gasteiger partial charge in [0, 0.05) is 25.4 Å². The molecule has 8 heteroatoms. The van der Waals surface area contributed by atoms with Crippen molar-refractivity contribution < 1.29 is 4.79 Å². The predicted octanol–water partition coefficient (Wildman–Crippen LogP) is -0.355. The van der Waals surface area contributed by atoms with E-state index in [9.17, 15) is 9.59 Å². The van der Waals surface area contributed by atoms with Crippen molar-refractivity contribution in [2.45, 2.75) is 19.0 Å². The van der Waals surface area contributed by atoms with Crippen LogP contribution in [0.15, 0.2) is 35.4 Å². The molecule has 1 amide bonds. The number of hydrogen-bond acceptors (Lipinski definition) is 5. The van der Waals surface area contributed by atoms with Gasteiger partial charge in [0.1, 0.15) is 5.69 Å². The van der Waals surface area contributed by atoms with Crippen LogP contribution < -0.4 is 10.9 Å². The van der Waals surface area contributed by atoms with Gasteiger partial charge in [0.05, 0.1) is 24.8 Å². The van der Waals surface area contributed by atoms with Gasteiger partial charge in [-0.15, -0.1) is 11.0 Å². The Labute approximate surface area is 138 Å². The van der Waals surface area contributed by atoms with E-state index in [1.807, 2.05) is 0 Å². The molecule has 0 saturated carbocycles. The number of carbonyl (C=O) groups excluding carboxylic acids is 1. The average molecular weight is 326 g/mol. The lowest BCUT2D eigenvalue weighted by Crippen LogP contribution is -2.42. The number of carbonyl (C=O) groups is 1. The number of rotatable bonds is 4. The third-order valence-electron chi connectivity index (χ3n) is 3.95. The van der Waals surface area contributed by atoms with Crippen molar-refractivity contribution in [1.29, 1.82) is 0 Å². The summed E-state index contributed by atoms with van der Waals surface area (Å²) in [4.78, 5) is 28.5. The summed E-state index contributed by atoms with van der Waals surface area (Å²) in [5.74, 6) is 5.60. The number of nitrogens with one attached hydrogen (secondary N) is 2. The number of hydrogen-bond donors (Lipinski definition) is 2. The number of aromatic nitrogens is 4. The Balaban J connectivity index is 1.76. The van der Waals surface area contributed by atoms with E-state index >= 15 is 0 Å². The van der Waals surface area contributed by atoms with Gasteiger partial charge in [0.25, 0.3) is 5.91 Å². The molecule has 0 bridgehead atoms. The van der Waals surface area contributed by atoms with Crippen molar-refractivity contribution in [3.8, 4) is 11.8 Å². The van der Waals surface area contributed by atoms with Crippen LogP contribution in [0.5, 0.6) is 0 Å². The van der Waals surface area contributed by atoms with Crippen LogP contribution in [0.4, 0.5) is 0 Å². The Morgan fingerprint density at radius 2 is 2.33 bits per heavy atom. The second kappa shape index (κ2) is 7.10. The number of H-pyrrole nitrogens is 1. The monoisotopic (exact) mass is 326 g/mol. The predicted molar refractivity (Wildman–Crippen MR) is 87.3 cm³/mol. The standard InChI is InChI=1S/C16H18N6O2/c1-2-3-8-21-10-13(14(11-21)22-9-7-17-20-22)19-16(24)12-5-4-6-15(23)18-12/h4-7,9,13-14H,8,10-11H2,1H3,(H,18,23)(H,19,24)/t13-,14+/m1/s1. The van der Waals surface area contributed by atoms with Crippen LogP contribution in [0.2, 0.25) is 0 Å². The van der Waals surface area contributed by atoms with Gasteiger partial charge in [-0.2, -0.15) is 0 Å². The summed E-state index contributed by atoms with van der Waals surface area (Å²) in [5, 5.41) is 10.9. The number of likely N-dealkylation sites (tertiary alicyclic amines) is 1. The summed E-state index contributed by atoms with van der Waals surface area (Å²) in [5.41, 5.74) is -0.0617. The molecule has 1 aliphatic rings. The summed E-state index contributed by atoms with van der Waals surface area (Å²) >= 11 is 0. The molecule has 0 unspecified atom stereocenters. The minimum Gasteiger partial charge on any atom is -0.345 e. The van der Waals surface area contributed by atoms with E-state index in [1.54, 1.807) is 36.1 Å². The first-order valence-electron chi connectivity index (χ1n) is 7.65. The van der Waals surface area contributed by atoms with Crippen molar-refractivity contribution in [3.05, 3.63) is 46.6 Å². The van der Waals surface area contributed by atoms with Gasteiger partial charge in [-0.3, -0.25) is 14.5 Å². The molecule has 3 heterocycles. The minimum atomic E-state index is -0.314. The summed E-state index contributed by atoms with van der Waals surface area (Å²) in [6.45, 7) is 3.81. The van der Waals surface area contributed by atoms with Crippen LogP contribution >= 0.6 is 0 Å². The minimum absolute atomic E-state index is 0.0365. The first-order chi connectivity index (χ1) is 11.7. The first kappa shape index (κ1) is 16.0. The van der Waals surface area contributed by atoms with Crippen LogP contribution in [0, 0.1) is 11.8 Å². The molecule has 2 atom stereocenters. The second-order valence-corrected chi connectivity index (χ2v) is 5.58. The maximum atomic E-state index is 12.4. The van der Waals surface area contributed by atoms with Gasteiger partial charge in [0.15, 0.2) is 0 Å². The number of aromatic amines is 1. The highest BCUT2D eigenvalue weighted by Crippen LogP contribution is 2.21. The van der Waals surface area contributed by atoms with Gasteiger partial charge in [-0.1, -0.05) is 17.2 Å². The molecule has 24 heavy (non-hydrogen) atoms. The Morgan fingerprint density at radius 3 is 3.04 bits per heavy atom. The van der Waals surface area contributed by atoms with Crippen LogP contribution in [0.1, 0.15) is 23.5 Å². The molecule has 0 radical (unpaired) electrons. The van der Waals surface area contributed by atoms with Gasteiger partial charge >= 0.3 is 0 Å². The van der Waals surface area contributed by atoms with Crippen LogP contribution in [0.3, 0.4) is 0 Å². The molecule has 8 nitrogen and oxygen atoms in total. The summed E-state index contributed by atoms with van der Waals surface area (Å²) < 4.78 is 1.75. The maximum Gasteiger partial charge on any atom is 0.268 e. The highest BCUT2D eigenvalue weighted by atomic mass is 16.2. The Hall–Kier alpha value is -2.92. The van der Waals surface area contributed by atoms with E-state index in [4.69, 9.17) is 0 Å². The topological polar surface area (TPSA) is 95.9 Å².